The average molecular weight is 335 g/mol. The quantitative estimate of drug-likeness (QED) is 0.725. The summed E-state index contributed by atoms with van der Waals surface area (Å²) in [5.74, 6) is -0.762. The van der Waals surface area contributed by atoms with E-state index in [0.29, 0.717) is 6.42 Å². The first-order valence-electron chi connectivity index (χ1n) is 7.92. The number of carbonyl (C=O) groups excluding carboxylic acids is 1. The molecular formula is C20H18FN3O. The lowest BCUT2D eigenvalue weighted by Crippen LogP contribution is -2.37. The van der Waals surface area contributed by atoms with Crippen molar-refractivity contribution in [1.29, 1.82) is 0 Å². The highest BCUT2D eigenvalue weighted by molar-refractivity contribution is 5.83. The van der Waals surface area contributed by atoms with E-state index in [-0.39, 0.29) is 5.82 Å². The number of carbonyl (C=O) groups is 1. The molecule has 1 aromatic heterocycles. The number of aromatic nitrogens is 1. The fraction of sp³-hybridized carbons (Fsp3) is 0.100. The van der Waals surface area contributed by atoms with Crippen molar-refractivity contribution in [2.75, 3.05) is 5.32 Å². The van der Waals surface area contributed by atoms with Crippen LogP contribution in [0.5, 0.6) is 0 Å². The van der Waals surface area contributed by atoms with Gasteiger partial charge in [-0.15, -0.1) is 0 Å². The zero-order valence-corrected chi connectivity index (χ0v) is 13.5. The van der Waals surface area contributed by atoms with Crippen molar-refractivity contribution in [2.45, 2.75) is 12.5 Å². The summed E-state index contributed by atoms with van der Waals surface area (Å²) in [7, 11) is 0. The van der Waals surface area contributed by atoms with Crippen molar-refractivity contribution in [3.05, 3.63) is 84.4 Å². The van der Waals surface area contributed by atoms with E-state index >= 15 is 0 Å². The van der Waals surface area contributed by atoms with Crippen LogP contribution in [-0.4, -0.2) is 16.9 Å². The Balaban J connectivity index is 1.72. The molecular weight excluding hydrogens is 317 g/mol. The molecule has 0 bridgehead atoms. The number of hydrogen-bond acceptors (Lipinski definition) is 3. The van der Waals surface area contributed by atoms with Crippen molar-refractivity contribution >= 4 is 11.6 Å². The van der Waals surface area contributed by atoms with E-state index in [2.05, 4.69) is 10.3 Å². The summed E-state index contributed by atoms with van der Waals surface area (Å²) in [5.41, 5.74) is 9.26. The number of benzene rings is 2. The molecule has 0 spiro atoms. The molecule has 1 atom stereocenters. The van der Waals surface area contributed by atoms with Crippen LogP contribution in [0.25, 0.3) is 11.1 Å². The highest BCUT2D eigenvalue weighted by Crippen LogP contribution is 2.21. The highest BCUT2D eigenvalue weighted by atomic mass is 19.1. The number of nitrogens with zero attached hydrogens (tertiary/aromatic N) is 1. The second kappa shape index (κ2) is 7.57. The van der Waals surface area contributed by atoms with Gasteiger partial charge >= 0.3 is 0 Å². The summed E-state index contributed by atoms with van der Waals surface area (Å²) in [6.07, 6.45) is 3.88. The van der Waals surface area contributed by atoms with Gasteiger partial charge < -0.3 is 11.1 Å². The molecule has 2 aromatic carbocycles. The summed E-state index contributed by atoms with van der Waals surface area (Å²) in [6, 6.07) is 17.1. The van der Waals surface area contributed by atoms with Gasteiger partial charge in [-0.05, 0) is 53.1 Å². The Morgan fingerprint density at radius 3 is 2.16 bits per heavy atom. The number of nitrogens with two attached hydrogens (primary N) is 1. The smallest absolute Gasteiger partial charge is 0.240 e. The van der Waals surface area contributed by atoms with Crippen molar-refractivity contribution in [1.82, 2.24) is 4.98 Å². The lowest BCUT2D eigenvalue weighted by molar-refractivity contribution is -0.118. The van der Waals surface area contributed by atoms with Crippen LogP contribution < -0.4 is 11.1 Å². The van der Waals surface area contributed by atoms with Crippen LogP contribution in [-0.2, 0) is 11.2 Å². The van der Waals surface area contributed by atoms with Crippen molar-refractivity contribution in [2.24, 2.45) is 5.73 Å². The summed E-state index contributed by atoms with van der Waals surface area (Å²) in [5, 5.41) is 3.14. The number of pyridine rings is 1. The van der Waals surface area contributed by atoms with E-state index in [9.17, 15) is 9.18 Å². The van der Waals surface area contributed by atoms with E-state index in [4.69, 9.17) is 5.73 Å². The fourth-order valence-corrected chi connectivity index (χ4v) is 2.58. The number of rotatable bonds is 6. The van der Waals surface area contributed by atoms with E-state index in [0.717, 1.165) is 22.4 Å². The van der Waals surface area contributed by atoms with E-state index in [1.165, 1.54) is 12.1 Å². The van der Waals surface area contributed by atoms with Gasteiger partial charge in [0.2, 0.25) is 5.91 Å². The Labute approximate surface area is 145 Å². The van der Waals surface area contributed by atoms with Gasteiger partial charge in [-0.1, -0.05) is 24.3 Å². The van der Waals surface area contributed by atoms with Crippen LogP contribution in [0.4, 0.5) is 10.1 Å². The Kier molecular flexibility index (Phi) is 5.04. The lowest BCUT2D eigenvalue weighted by atomic mass is 10.0. The Hall–Kier alpha value is -3.21. The zero-order valence-electron chi connectivity index (χ0n) is 13.5. The maximum absolute atomic E-state index is 13.0. The summed E-state index contributed by atoms with van der Waals surface area (Å²) in [4.78, 5) is 15.7. The predicted octanol–water partition coefficient (Wildman–Crippen LogP) is 3.40. The maximum Gasteiger partial charge on any atom is 0.240 e. The minimum atomic E-state index is -0.572. The van der Waals surface area contributed by atoms with Gasteiger partial charge in [0.15, 0.2) is 0 Å². The molecule has 0 aliphatic heterocycles. The Morgan fingerprint density at radius 1 is 0.960 bits per heavy atom. The molecule has 0 radical (unpaired) electrons. The first kappa shape index (κ1) is 16.6. The number of amides is 1. The Morgan fingerprint density at radius 2 is 1.56 bits per heavy atom. The molecule has 0 unspecified atom stereocenters. The Bertz CT molecular complexity index is 833. The molecule has 5 heteroatoms. The molecule has 3 N–H and O–H groups in total. The molecule has 0 aliphatic rings. The third-order valence-corrected chi connectivity index (χ3v) is 3.94. The van der Waals surface area contributed by atoms with Crippen LogP contribution >= 0.6 is 0 Å². The molecule has 1 amide bonds. The molecule has 0 fully saturated rings. The fourth-order valence-electron chi connectivity index (χ4n) is 2.58. The lowest BCUT2D eigenvalue weighted by Gasteiger charge is -2.17. The minimum absolute atomic E-state index is 0.306. The van der Waals surface area contributed by atoms with Gasteiger partial charge in [-0.2, -0.15) is 0 Å². The SMILES string of the molecule is NC(=O)[C@H](Cc1ccc(F)cc1)Nc1ccc(-c2ccncc2)cc1. The summed E-state index contributed by atoms with van der Waals surface area (Å²) >= 11 is 0. The molecule has 126 valence electrons. The van der Waals surface area contributed by atoms with Gasteiger partial charge in [0, 0.05) is 24.5 Å². The third-order valence-electron chi connectivity index (χ3n) is 3.94. The van der Waals surface area contributed by atoms with Gasteiger partial charge in [0.05, 0.1) is 0 Å². The van der Waals surface area contributed by atoms with Crippen LogP contribution in [0, 0.1) is 5.82 Å². The number of hydrogen-bond donors (Lipinski definition) is 2. The third kappa shape index (κ3) is 4.41. The van der Waals surface area contributed by atoms with Crippen LogP contribution in [0.3, 0.4) is 0 Å². The standard InChI is InChI=1S/C20H18FN3O/c21-17-5-1-14(2-6-17)13-19(20(22)25)24-18-7-3-15(4-8-18)16-9-11-23-12-10-16/h1-12,19,24H,13H2,(H2,22,25)/t19-/m0/s1. The van der Waals surface area contributed by atoms with Crippen molar-refractivity contribution in [3.8, 4) is 11.1 Å². The molecule has 4 nitrogen and oxygen atoms in total. The summed E-state index contributed by atoms with van der Waals surface area (Å²) in [6.45, 7) is 0. The molecule has 3 aromatic rings. The van der Waals surface area contributed by atoms with E-state index in [1.54, 1.807) is 24.5 Å². The van der Waals surface area contributed by atoms with Crippen LogP contribution in [0.2, 0.25) is 0 Å². The molecule has 3 rings (SSSR count). The van der Waals surface area contributed by atoms with Crippen molar-refractivity contribution in [3.63, 3.8) is 0 Å². The monoisotopic (exact) mass is 335 g/mol. The van der Waals surface area contributed by atoms with Crippen LogP contribution in [0.15, 0.2) is 73.1 Å². The predicted molar refractivity (Wildman–Crippen MR) is 96.4 cm³/mol. The molecule has 0 saturated heterocycles. The first-order chi connectivity index (χ1) is 12.1. The van der Waals surface area contributed by atoms with E-state index < -0.39 is 11.9 Å². The number of halogens is 1. The molecule has 1 heterocycles. The number of primary amides is 1. The van der Waals surface area contributed by atoms with Gasteiger partial charge in [-0.3, -0.25) is 9.78 Å². The van der Waals surface area contributed by atoms with Gasteiger partial charge in [-0.25, -0.2) is 4.39 Å². The van der Waals surface area contributed by atoms with E-state index in [1.807, 2.05) is 36.4 Å². The van der Waals surface area contributed by atoms with Crippen molar-refractivity contribution < 1.29 is 9.18 Å². The molecule has 0 aliphatic carbocycles. The minimum Gasteiger partial charge on any atom is -0.373 e. The number of nitrogens with one attached hydrogen (secondary N) is 1. The van der Waals surface area contributed by atoms with Gasteiger partial charge in [0.1, 0.15) is 11.9 Å². The first-order valence-corrected chi connectivity index (χ1v) is 7.92. The maximum atomic E-state index is 13.0. The summed E-state index contributed by atoms with van der Waals surface area (Å²) < 4.78 is 13.0. The topological polar surface area (TPSA) is 68.0 Å². The highest BCUT2D eigenvalue weighted by Gasteiger charge is 2.16. The molecule has 0 saturated carbocycles. The second-order valence-electron chi connectivity index (χ2n) is 5.74. The zero-order chi connectivity index (χ0) is 17.6. The average Bonchev–Trinajstić information content (AvgIpc) is 2.64. The largest absolute Gasteiger partial charge is 0.373 e. The second-order valence-corrected chi connectivity index (χ2v) is 5.74. The normalized spacial score (nSPS) is 11.7. The molecule has 25 heavy (non-hydrogen) atoms. The van der Waals surface area contributed by atoms with Gasteiger partial charge in [0.25, 0.3) is 0 Å². The number of anilines is 1. The van der Waals surface area contributed by atoms with Crippen LogP contribution in [0.1, 0.15) is 5.56 Å².